The zero-order valence-electron chi connectivity index (χ0n) is 2.10. The van der Waals surface area contributed by atoms with Gasteiger partial charge in [-0.3, -0.25) is 4.52 Å². The molecule has 1 radical (unpaired) electrons. The van der Waals surface area contributed by atoms with E-state index >= 15 is 0 Å². The summed E-state index contributed by atoms with van der Waals surface area (Å²) in [7, 11) is 4.89. The molecule has 0 spiro atoms. The van der Waals surface area contributed by atoms with Crippen molar-refractivity contribution >= 4 is 18.4 Å². The molecule has 0 aliphatic carbocycles. The summed E-state index contributed by atoms with van der Waals surface area (Å²) in [5.41, 5.74) is 0. The third-order valence-corrected chi connectivity index (χ3v) is 0. The first-order valence-electron chi connectivity index (χ1n) is 0.482. The van der Waals surface area contributed by atoms with Gasteiger partial charge in [0.05, 0.1) is 0 Å². The molecule has 1 nitrogen and oxygen atoms in total. The van der Waals surface area contributed by atoms with Crippen LogP contribution in [0.2, 0.25) is 0 Å². The topological polar surface area (TPSA) is 12.4 Å². The molecule has 0 aromatic carbocycles. The van der Waals surface area contributed by atoms with Crippen LogP contribution >= 0.6 is 18.4 Å². The van der Waals surface area contributed by atoms with Crippen molar-refractivity contribution in [2.75, 3.05) is 0 Å². The Kier molecular flexibility index (Phi) is 20.2. The first kappa shape index (κ1) is 9.16. The molecule has 0 saturated heterocycles. The molecule has 1 atom stereocenters. The third kappa shape index (κ3) is 9.44. The Labute approximate surface area is 55.4 Å². The maximum atomic E-state index is 3.22. The molecule has 4 heavy (non-hydrogen) atoms. The molecule has 4 heteroatoms. The number of nitrogens with zero attached hydrogens (tertiary/aromatic N) is 1. The molecule has 1 unspecified atom stereocenters. The van der Waals surface area contributed by atoms with Gasteiger partial charge in [-0.2, -0.15) is 0 Å². The number of hydrogen-bond donors (Lipinski definition) is 0. The summed E-state index contributed by atoms with van der Waals surface area (Å²) in [4.78, 5) is 0. The van der Waals surface area contributed by atoms with Gasteiger partial charge in [0.25, 0.3) is 0 Å². The van der Waals surface area contributed by atoms with Gasteiger partial charge < -0.3 is 0 Å². The minimum absolute atomic E-state index is 0. The van der Waals surface area contributed by atoms with E-state index in [9.17, 15) is 0 Å². The molecule has 0 amide bonds. The van der Waals surface area contributed by atoms with Crippen LogP contribution in [0.3, 0.4) is 0 Å². The van der Waals surface area contributed by atoms with Gasteiger partial charge in [-0.1, -0.05) is 0 Å². The maximum absolute atomic E-state index is 3.22. The molecule has 0 aromatic heterocycles. The van der Waals surface area contributed by atoms with E-state index in [-0.39, 0.29) is 32.7 Å². The molecular formula is H3NP2Y. The SMILES string of the molecule is P=NP.[Y]. The molecule has 21 valence electrons. The Hall–Kier alpha value is 1.63. The third-order valence-electron chi connectivity index (χ3n) is 0. The minimum atomic E-state index is 0. The molecule has 0 rings (SSSR count). The van der Waals surface area contributed by atoms with Crippen LogP contribution in [0.15, 0.2) is 4.52 Å². The summed E-state index contributed by atoms with van der Waals surface area (Å²) < 4.78 is 3.22. The quantitative estimate of drug-likeness (QED) is 0.480. The van der Waals surface area contributed by atoms with E-state index in [1.807, 2.05) is 0 Å². The predicted octanol–water partition coefficient (Wildman–Crippen LogP) is 1.10. The second-order valence-electron chi connectivity index (χ2n) is 0.129. The number of rotatable bonds is 0. The summed E-state index contributed by atoms with van der Waals surface area (Å²) >= 11 is 0. The Morgan fingerprint density at radius 3 is 1.75 bits per heavy atom. The van der Waals surface area contributed by atoms with Crippen molar-refractivity contribution in [1.29, 1.82) is 0 Å². The molecule has 0 bridgehead atoms. The molecule has 0 aliphatic heterocycles. The van der Waals surface area contributed by atoms with Gasteiger partial charge in [0.2, 0.25) is 0 Å². The van der Waals surface area contributed by atoms with E-state index in [1.54, 1.807) is 0 Å². The first-order valence-corrected chi connectivity index (χ1v) is 1.45. The Morgan fingerprint density at radius 1 is 1.75 bits per heavy atom. The minimum Gasteiger partial charge on any atom is -0.255 e. The summed E-state index contributed by atoms with van der Waals surface area (Å²) in [6.45, 7) is 0. The van der Waals surface area contributed by atoms with E-state index in [0.717, 1.165) is 0 Å². The average molecular weight is 168 g/mol. The van der Waals surface area contributed by atoms with E-state index in [0.29, 0.717) is 0 Å². The van der Waals surface area contributed by atoms with Crippen LogP contribution < -0.4 is 0 Å². The van der Waals surface area contributed by atoms with Gasteiger partial charge in [-0.15, -0.1) is 0 Å². The van der Waals surface area contributed by atoms with Crippen LogP contribution in [0.1, 0.15) is 0 Å². The molecule has 0 N–H and O–H groups in total. The average Bonchev–Trinajstić information content (AvgIpc) is 0.918. The van der Waals surface area contributed by atoms with Gasteiger partial charge in [-0.25, -0.2) is 0 Å². The normalized spacial score (nSPS) is 3.25. The fourth-order valence-corrected chi connectivity index (χ4v) is 0. The Balaban J connectivity index is 0. The van der Waals surface area contributed by atoms with Crippen LogP contribution in [-0.2, 0) is 32.7 Å². The van der Waals surface area contributed by atoms with E-state index in [1.165, 1.54) is 0 Å². The van der Waals surface area contributed by atoms with Crippen LogP contribution in [-0.4, -0.2) is 0 Å². The van der Waals surface area contributed by atoms with Crippen LogP contribution in [0.5, 0.6) is 0 Å². The monoisotopic (exact) mass is 168 g/mol. The van der Waals surface area contributed by atoms with Gasteiger partial charge >= 0.3 is 0 Å². The molecule has 0 aromatic rings. The number of hydrogen-bond acceptors (Lipinski definition) is 1. The summed E-state index contributed by atoms with van der Waals surface area (Å²) in [5, 5.41) is 0. The van der Waals surface area contributed by atoms with E-state index in [4.69, 9.17) is 0 Å². The van der Waals surface area contributed by atoms with Gasteiger partial charge in [0.15, 0.2) is 0 Å². The summed E-state index contributed by atoms with van der Waals surface area (Å²) in [6.07, 6.45) is 0. The van der Waals surface area contributed by atoms with Crippen molar-refractivity contribution in [2.45, 2.75) is 0 Å². The van der Waals surface area contributed by atoms with Gasteiger partial charge in [0.1, 0.15) is 0 Å². The maximum Gasteiger partial charge on any atom is 0 e. The zero-order chi connectivity index (χ0) is 2.71. The van der Waals surface area contributed by atoms with Crippen molar-refractivity contribution in [3.63, 3.8) is 0 Å². The molecule has 0 aliphatic rings. The van der Waals surface area contributed by atoms with Crippen LogP contribution in [0.4, 0.5) is 0 Å². The van der Waals surface area contributed by atoms with Gasteiger partial charge in [-0.05, 0) is 18.4 Å². The smallest absolute Gasteiger partial charge is 0 e. The fraction of sp³-hybridized carbons (Fsp3) is 0. The summed E-state index contributed by atoms with van der Waals surface area (Å²) in [6, 6.07) is 0. The van der Waals surface area contributed by atoms with Crippen LogP contribution in [0, 0.1) is 0 Å². The Bertz CT molecular complexity index is 13.5. The molecule has 0 saturated carbocycles. The van der Waals surface area contributed by atoms with Crippen LogP contribution in [0.25, 0.3) is 0 Å². The largest absolute Gasteiger partial charge is 0.255 e. The second-order valence-corrected chi connectivity index (χ2v) is 1.16. The van der Waals surface area contributed by atoms with Crippen molar-refractivity contribution < 1.29 is 32.7 Å². The predicted molar refractivity (Wildman–Crippen MR) is 20.5 cm³/mol. The standard InChI is InChI=1S/H3NP2.Y/c2-1-3;/h2H,3H2;. The molecule has 0 heterocycles. The van der Waals surface area contributed by atoms with E-state index in [2.05, 4.69) is 22.9 Å². The molecule has 0 fully saturated rings. The van der Waals surface area contributed by atoms with Gasteiger partial charge in [0, 0.05) is 32.7 Å². The fourth-order valence-electron chi connectivity index (χ4n) is 0. The molecular weight excluding hydrogens is 165 g/mol. The first-order chi connectivity index (χ1) is 1.41. The summed E-state index contributed by atoms with van der Waals surface area (Å²) in [5.74, 6) is 0. The Morgan fingerprint density at radius 2 is 1.75 bits per heavy atom. The van der Waals surface area contributed by atoms with Crippen molar-refractivity contribution in [3.8, 4) is 0 Å². The van der Waals surface area contributed by atoms with Crippen molar-refractivity contribution in [3.05, 3.63) is 0 Å². The van der Waals surface area contributed by atoms with Crippen molar-refractivity contribution in [2.24, 2.45) is 4.52 Å². The second kappa shape index (κ2) is 8.82. The van der Waals surface area contributed by atoms with Crippen molar-refractivity contribution in [1.82, 2.24) is 0 Å². The van der Waals surface area contributed by atoms with E-state index < -0.39 is 0 Å². The zero-order valence-corrected chi connectivity index (χ0v) is 7.09.